The van der Waals surface area contributed by atoms with E-state index in [4.69, 9.17) is 14.7 Å². The molecule has 3 heterocycles. The maximum atomic E-state index is 13.3. The Morgan fingerprint density at radius 3 is 2.36 bits per heavy atom. The van der Waals surface area contributed by atoms with Gasteiger partial charge in [-0.25, -0.2) is 19.2 Å². The van der Waals surface area contributed by atoms with E-state index in [0.29, 0.717) is 17.3 Å². The Hall–Kier alpha value is -3.62. The van der Waals surface area contributed by atoms with Crippen LogP contribution in [0.3, 0.4) is 0 Å². The normalized spacial score (nSPS) is 14.3. The van der Waals surface area contributed by atoms with Gasteiger partial charge in [0.05, 0.1) is 30.3 Å². The summed E-state index contributed by atoms with van der Waals surface area (Å²) in [5.41, 5.74) is 3.98. The molecule has 0 spiro atoms. The van der Waals surface area contributed by atoms with Crippen molar-refractivity contribution >= 4 is 17.7 Å². The molecule has 9 heteroatoms. The van der Waals surface area contributed by atoms with Gasteiger partial charge in [0.2, 0.25) is 5.95 Å². The first-order valence-electron chi connectivity index (χ1n) is 10.9. The van der Waals surface area contributed by atoms with Crippen LogP contribution in [-0.4, -0.2) is 59.4 Å². The van der Waals surface area contributed by atoms with Gasteiger partial charge in [-0.3, -0.25) is 0 Å². The number of nitrogens with zero attached hydrogens (tertiary/aromatic N) is 6. The topological polar surface area (TPSA) is 84.3 Å². The van der Waals surface area contributed by atoms with Crippen LogP contribution in [-0.2, 0) is 4.74 Å². The molecule has 1 fully saturated rings. The molecule has 0 radical (unpaired) electrons. The van der Waals surface area contributed by atoms with Gasteiger partial charge in [0.1, 0.15) is 5.82 Å². The second-order valence-electron chi connectivity index (χ2n) is 8.20. The summed E-state index contributed by atoms with van der Waals surface area (Å²) in [6.07, 6.45) is 3.19. The molecule has 3 aromatic rings. The highest BCUT2D eigenvalue weighted by molar-refractivity contribution is 5.89. The molecular formula is C24H27FN6O2. The highest BCUT2D eigenvalue weighted by Crippen LogP contribution is 2.29. The number of carbonyl (C=O) groups is 1. The molecular weight excluding hydrogens is 423 g/mol. The van der Waals surface area contributed by atoms with Crippen LogP contribution in [0.2, 0.25) is 0 Å². The molecule has 1 aliphatic rings. The summed E-state index contributed by atoms with van der Waals surface area (Å²) < 4.78 is 18.1. The van der Waals surface area contributed by atoms with Gasteiger partial charge in [0.15, 0.2) is 5.82 Å². The Kier molecular flexibility index (Phi) is 6.48. The van der Waals surface area contributed by atoms with Crippen molar-refractivity contribution in [1.82, 2.24) is 20.2 Å². The lowest BCUT2D eigenvalue weighted by Crippen LogP contribution is -2.44. The number of hydrogen-bond acceptors (Lipinski definition) is 8. The minimum atomic E-state index is -0.429. The van der Waals surface area contributed by atoms with E-state index < -0.39 is 5.97 Å². The van der Waals surface area contributed by atoms with Crippen molar-refractivity contribution in [3.05, 3.63) is 59.3 Å². The van der Waals surface area contributed by atoms with Gasteiger partial charge in [-0.1, -0.05) is 12.1 Å². The Balaban J connectivity index is 1.46. The van der Waals surface area contributed by atoms with E-state index in [1.54, 1.807) is 18.2 Å². The van der Waals surface area contributed by atoms with Gasteiger partial charge < -0.3 is 14.5 Å². The van der Waals surface area contributed by atoms with E-state index >= 15 is 0 Å². The molecule has 172 valence electrons. The van der Waals surface area contributed by atoms with Gasteiger partial charge in [-0.15, -0.1) is 5.10 Å². The van der Waals surface area contributed by atoms with Crippen LogP contribution in [0, 0.1) is 19.7 Å². The van der Waals surface area contributed by atoms with Crippen molar-refractivity contribution in [3.8, 4) is 11.1 Å². The van der Waals surface area contributed by atoms with Crippen molar-refractivity contribution in [2.75, 3.05) is 37.0 Å². The fourth-order valence-corrected chi connectivity index (χ4v) is 4.27. The average Bonchev–Trinajstić information content (AvgIpc) is 2.84. The zero-order valence-corrected chi connectivity index (χ0v) is 19.2. The van der Waals surface area contributed by atoms with Crippen LogP contribution in [0.15, 0.2) is 36.5 Å². The SMILES string of the molecule is COC(=O)c1cnnc(N(C)C2CCN(c3nc(C)c(-c4ccc(F)cc4)c(C)n3)CC2)c1. The van der Waals surface area contributed by atoms with Crippen LogP contribution in [0.1, 0.15) is 34.6 Å². The monoisotopic (exact) mass is 450 g/mol. The summed E-state index contributed by atoms with van der Waals surface area (Å²) in [6, 6.07) is 8.38. The van der Waals surface area contributed by atoms with Crippen molar-refractivity contribution in [2.45, 2.75) is 32.7 Å². The number of rotatable bonds is 5. The molecule has 2 aromatic heterocycles. The lowest BCUT2D eigenvalue weighted by molar-refractivity contribution is 0.0600. The van der Waals surface area contributed by atoms with Crippen LogP contribution < -0.4 is 9.80 Å². The zero-order chi connectivity index (χ0) is 23.5. The third-order valence-electron chi connectivity index (χ3n) is 6.11. The Bertz CT molecular complexity index is 1120. The highest BCUT2D eigenvalue weighted by atomic mass is 19.1. The Labute approximate surface area is 192 Å². The molecule has 33 heavy (non-hydrogen) atoms. The molecule has 0 N–H and O–H groups in total. The number of esters is 1. The van der Waals surface area contributed by atoms with Crippen LogP contribution >= 0.6 is 0 Å². The first-order valence-corrected chi connectivity index (χ1v) is 10.9. The maximum absolute atomic E-state index is 13.3. The molecule has 0 amide bonds. The molecule has 0 aliphatic carbocycles. The lowest BCUT2D eigenvalue weighted by atomic mass is 10.0. The highest BCUT2D eigenvalue weighted by Gasteiger charge is 2.26. The molecule has 0 atom stereocenters. The fraction of sp³-hybridized carbons (Fsp3) is 0.375. The molecule has 0 bridgehead atoms. The Morgan fingerprint density at radius 1 is 1.12 bits per heavy atom. The van der Waals surface area contributed by atoms with Crippen molar-refractivity contribution in [2.24, 2.45) is 0 Å². The summed E-state index contributed by atoms with van der Waals surface area (Å²) in [5.74, 6) is 0.663. The first-order chi connectivity index (χ1) is 15.9. The predicted octanol–water partition coefficient (Wildman–Crippen LogP) is 3.58. The lowest BCUT2D eigenvalue weighted by Gasteiger charge is -2.37. The minimum absolute atomic E-state index is 0.254. The Morgan fingerprint density at radius 2 is 1.76 bits per heavy atom. The second kappa shape index (κ2) is 9.48. The maximum Gasteiger partial charge on any atom is 0.339 e. The number of hydrogen-bond donors (Lipinski definition) is 0. The number of aromatic nitrogens is 4. The predicted molar refractivity (Wildman–Crippen MR) is 124 cm³/mol. The van der Waals surface area contributed by atoms with Gasteiger partial charge in [0, 0.05) is 31.7 Å². The van der Waals surface area contributed by atoms with Crippen LogP contribution in [0.25, 0.3) is 11.1 Å². The summed E-state index contributed by atoms with van der Waals surface area (Å²) in [6.45, 7) is 5.52. The van der Waals surface area contributed by atoms with E-state index in [9.17, 15) is 9.18 Å². The summed E-state index contributed by atoms with van der Waals surface area (Å²) >= 11 is 0. The number of benzene rings is 1. The summed E-state index contributed by atoms with van der Waals surface area (Å²) in [4.78, 5) is 25.6. The number of piperidine rings is 1. The number of ether oxygens (including phenoxy) is 1. The smallest absolute Gasteiger partial charge is 0.339 e. The number of carbonyl (C=O) groups excluding carboxylic acids is 1. The fourth-order valence-electron chi connectivity index (χ4n) is 4.27. The first kappa shape index (κ1) is 22.6. The minimum Gasteiger partial charge on any atom is -0.465 e. The van der Waals surface area contributed by atoms with Crippen molar-refractivity contribution < 1.29 is 13.9 Å². The molecule has 4 rings (SSSR count). The molecule has 1 saturated heterocycles. The third-order valence-corrected chi connectivity index (χ3v) is 6.11. The third kappa shape index (κ3) is 4.76. The van der Waals surface area contributed by atoms with E-state index in [1.165, 1.54) is 25.4 Å². The van der Waals surface area contributed by atoms with Gasteiger partial charge in [0.25, 0.3) is 0 Å². The summed E-state index contributed by atoms with van der Waals surface area (Å²) in [5, 5.41) is 8.13. The van der Waals surface area contributed by atoms with Crippen molar-refractivity contribution in [1.29, 1.82) is 0 Å². The average molecular weight is 451 g/mol. The van der Waals surface area contributed by atoms with Gasteiger partial charge in [-0.2, -0.15) is 5.10 Å². The standard InChI is InChI=1S/C24H27FN6O2/c1-15-22(17-5-7-19(25)8-6-17)16(2)28-24(27-15)31-11-9-20(10-12-31)30(3)21-13-18(14-26-29-21)23(32)33-4/h5-8,13-14,20H,9-12H2,1-4H3. The van der Waals surface area contributed by atoms with Gasteiger partial charge in [-0.05, 0) is 50.5 Å². The second-order valence-corrected chi connectivity index (χ2v) is 8.20. The van der Waals surface area contributed by atoms with Gasteiger partial charge >= 0.3 is 5.97 Å². The molecule has 0 unspecified atom stereocenters. The van der Waals surface area contributed by atoms with E-state index in [1.807, 2.05) is 20.9 Å². The number of anilines is 2. The van der Waals surface area contributed by atoms with E-state index in [2.05, 4.69) is 20.0 Å². The van der Waals surface area contributed by atoms with E-state index in [0.717, 1.165) is 48.4 Å². The van der Waals surface area contributed by atoms with Crippen molar-refractivity contribution in [3.63, 3.8) is 0 Å². The summed E-state index contributed by atoms with van der Waals surface area (Å²) in [7, 11) is 3.31. The van der Waals surface area contributed by atoms with Crippen LogP contribution in [0.4, 0.5) is 16.2 Å². The largest absolute Gasteiger partial charge is 0.465 e. The molecule has 8 nitrogen and oxygen atoms in total. The van der Waals surface area contributed by atoms with Crippen LogP contribution in [0.5, 0.6) is 0 Å². The van der Waals surface area contributed by atoms with E-state index in [-0.39, 0.29) is 11.9 Å². The molecule has 1 aliphatic heterocycles. The number of methoxy groups -OCH3 is 1. The quantitative estimate of drug-likeness (QED) is 0.546. The number of halogens is 1. The molecule has 0 saturated carbocycles. The zero-order valence-electron chi connectivity index (χ0n) is 19.2. The molecule has 1 aromatic carbocycles. The number of aryl methyl sites for hydroxylation is 2.